The molecule has 1 N–H and O–H groups in total. The molecule has 0 bridgehead atoms. The molecule has 39 heavy (non-hydrogen) atoms. The molecule has 4 aliphatic rings. The zero-order chi connectivity index (χ0) is 27.6. The maximum atomic E-state index is 13.6. The van der Waals surface area contributed by atoms with E-state index in [-0.39, 0.29) is 34.4 Å². The Balaban J connectivity index is 1.48. The summed E-state index contributed by atoms with van der Waals surface area (Å²) in [6.07, 6.45) is 6.37. The van der Waals surface area contributed by atoms with Crippen LogP contribution in [-0.2, 0) is 19.6 Å². The minimum Gasteiger partial charge on any atom is -0.488 e. The largest absolute Gasteiger partial charge is 0.488 e. The highest BCUT2D eigenvalue weighted by atomic mass is 16.5. The summed E-state index contributed by atoms with van der Waals surface area (Å²) in [6.45, 7) is 13.3. The van der Waals surface area contributed by atoms with Gasteiger partial charge < -0.3 is 19.5 Å². The molecule has 2 aliphatic carbocycles. The van der Waals surface area contributed by atoms with Crippen LogP contribution in [0.3, 0.4) is 0 Å². The Bertz CT molecular complexity index is 1260. The van der Waals surface area contributed by atoms with E-state index < -0.39 is 0 Å². The van der Waals surface area contributed by atoms with Gasteiger partial charge in [-0.3, -0.25) is 4.79 Å². The second-order valence-electron chi connectivity index (χ2n) is 13.6. The Morgan fingerprint density at radius 1 is 1.10 bits per heavy atom. The number of unbranched alkanes of at least 4 members (excludes halogenated alkanes) is 1. The first-order valence-corrected chi connectivity index (χ1v) is 15.1. The van der Waals surface area contributed by atoms with Crippen molar-refractivity contribution in [2.24, 2.45) is 22.7 Å². The Kier molecular flexibility index (Phi) is 6.53. The van der Waals surface area contributed by atoms with E-state index in [1.807, 2.05) is 29.2 Å². The summed E-state index contributed by atoms with van der Waals surface area (Å²) in [6, 6.07) is 12.2. The number of hydrogen-bond donors (Lipinski definition) is 1. The van der Waals surface area contributed by atoms with Gasteiger partial charge >= 0.3 is 0 Å². The van der Waals surface area contributed by atoms with Gasteiger partial charge in [0.2, 0.25) is 0 Å². The Morgan fingerprint density at radius 2 is 1.87 bits per heavy atom. The Morgan fingerprint density at radius 3 is 2.62 bits per heavy atom. The number of hydrogen-bond acceptors (Lipinski definition) is 4. The van der Waals surface area contributed by atoms with E-state index in [1.54, 1.807) is 0 Å². The Hall–Kier alpha value is -2.53. The molecule has 2 fully saturated rings. The number of ether oxygens (including phenoxy) is 2. The quantitative estimate of drug-likeness (QED) is 0.439. The summed E-state index contributed by atoms with van der Waals surface area (Å²) in [5.41, 5.74) is 3.32. The molecule has 1 spiro atoms. The number of nitrogens with zero attached hydrogens (tertiary/aromatic N) is 1. The van der Waals surface area contributed by atoms with Crippen molar-refractivity contribution >= 4 is 5.91 Å². The third-order valence-corrected chi connectivity index (χ3v) is 11.2. The van der Waals surface area contributed by atoms with Crippen molar-refractivity contribution < 1.29 is 19.4 Å². The van der Waals surface area contributed by atoms with Crippen LogP contribution >= 0.6 is 0 Å². The first-order chi connectivity index (χ1) is 18.6. The van der Waals surface area contributed by atoms with Crippen molar-refractivity contribution in [3.05, 3.63) is 58.7 Å². The van der Waals surface area contributed by atoms with E-state index >= 15 is 0 Å². The molecule has 0 radical (unpaired) electrons. The molecule has 5 nitrogen and oxygen atoms in total. The van der Waals surface area contributed by atoms with E-state index in [1.165, 1.54) is 0 Å². The molecule has 2 aliphatic heterocycles. The molecule has 2 aromatic carbocycles. The number of aliphatic hydroxyl groups is 1. The lowest BCUT2D eigenvalue weighted by Gasteiger charge is -2.67. The molecule has 5 heteroatoms. The van der Waals surface area contributed by atoms with Crippen LogP contribution < -0.4 is 9.47 Å². The number of fused-ring (bicyclic) bond motifs is 3. The van der Waals surface area contributed by atoms with Crippen LogP contribution in [0, 0.1) is 22.7 Å². The summed E-state index contributed by atoms with van der Waals surface area (Å²) < 4.78 is 14.0. The van der Waals surface area contributed by atoms with Crippen LogP contribution in [0.1, 0.15) is 100 Å². The van der Waals surface area contributed by atoms with Crippen LogP contribution in [-0.4, -0.2) is 34.2 Å². The van der Waals surface area contributed by atoms with Crippen LogP contribution in [0.4, 0.5) is 0 Å². The molecule has 0 saturated heterocycles. The number of amides is 1. The second kappa shape index (κ2) is 9.54. The Labute approximate surface area is 233 Å². The van der Waals surface area contributed by atoms with Crippen LogP contribution in [0.5, 0.6) is 11.5 Å². The maximum Gasteiger partial charge on any atom is 0.254 e. The zero-order valence-corrected chi connectivity index (χ0v) is 24.4. The van der Waals surface area contributed by atoms with Crippen molar-refractivity contribution in [2.75, 3.05) is 6.54 Å². The molecule has 0 unspecified atom stereocenters. The van der Waals surface area contributed by atoms with E-state index in [9.17, 15) is 9.90 Å². The molecule has 2 aromatic rings. The predicted molar refractivity (Wildman–Crippen MR) is 153 cm³/mol. The fourth-order valence-corrected chi connectivity index (χ4v) is 8.47. The average Bonchev–Trinajstić information content (AvgIpc) is 3.24. The number of benzene rings is 2. The fourth-order valence-electron chi connectivity index (χ4n) is 8.47. The lowest BCUT2D eigenvalue weighted by molar-refractivity contribution is -0.233. The van der Waals surface area contributed by atoms with Crippen molar-refractivity contribution in [3.8, 4) is 11.5 Å². The number of carbonyl (C=O) groups excluding carboxylic acids is 1. The molecule has 2 saturated carbocycles. The van der Waals surface area contributed by atoms with Crippen molar-refractivity contribution in [3.63, 3.8) is 0 Å². The standard InChI is InChI=1S/C34H45NO4/c1-6-7-17-35-20-26-24(31(35)37)18-27(38-21-23-11-9-8-10-12-23)25-19-33(5)22(2)13-14-28-32(3,4)29(36)15-16-34(28,33)39-30(25)26/h8-12,18,22,28-29,36H,6-7,13-17,19-21H2,1-5H3/t22-,28-,29-,33+,34-/m0/s1. The molecule has 2 heterocycles. The van der Waals surface area contributed by atoms with Crippen molar-refractivity contribution in [1.82, 2.24) is 4.90 Å². The maximum absolute atomic E-state index is 13.6. The minimum atomic E-state index is -0.369. The van der Waals surface area contributed by atoms with Gasteiger partial charge in [0.1, 0.15) is 23.7 Å². The van der Waals surface area contributed by atoms with Gasteiger partial charge in [-0.15, -0.1) is 0 Å². The minimum absolute atomic E-state index is 0.0909. The number of carbonyl (C=O) groups is 1. The number of rotatable bonds is 6. The summed E-state index contributed by atoms with van der Waals surface area (Å²) in [4.78, 5) is 15.6. The van der Waals surface area contributed by atoms with E-state index in [0.717, 1.165) is 85.2 Å². The summed E-state index contributed by atoms with van der Waals surface area (Å²) >= 11 is 0. The van der Waals surface area contributed by atoms with Crippen molar-refractivity contribution in [2.45, 2.75) is 104 Å². The molecule has 210 valence electrons. The van der Waals surface area contributed by atoms with Gasteiger partial charge in [-0.1, -0.05) is 71.4 Å². The summed E-state index contributed by atoms with van der Waals surface area (Å²) in [5, 5.41) is 11.1. The highest BCUT2D eigenvalue weighted by Gasteiger charge is 2.68. The summed E-state index contributed by atoms with van der Waals surface area (Å²) in [5.74, 6) is 2.51. The van der Waals surface area contributed by atoms with Gasteiger partial charge in [0.05, 0.1) is 18.2 Å². The van der Waals surface area contributed by atoms with Gasteiger partial charge in [0.15, 0.2) is 0 Å². The lowest BCUT2D eigenvalue weighted by atomic mass is 9.43. The zero-order valence-electron chi connectivity index (χ0n) is 24.4. The van der Waals surface area contributed by atoms with E-state index in [2.05, 4.69) is 46.8 Å². The molecular formula is C34H45NO4. The van der Waals surface area contributed by atoms with Gasteiger partial charge in [-0.05, 0) is 61.5 Å². The molecular weight excluding hydrogens is 486 g/mol. The normalized spacial score (nSPS) is 32.5. The highest BCUT2D eigenvalue weighted by molar-refractivity contribution is 6.00. The van der Waals surface area contributed by atoms with Crippen LogP contribution in [0.25, 0.3) is 0 Å². The third-order valence-electron chi connectivity index (χ3n) is 11.2. The fraction of sp³-hybridized carbons (Fsp3) is 0.618. The smallest absolute Gasteiger partial charge is 0.254 e. The molecule has 1 amide bonds. The highest BCUT2D eigenvalue weighted by Crippen LogP contribution is 2.67. The van der Waals surface area contributed by atoms with Crippen molar-refractivity contribution in [1.29, 1.82) is 0 Å². The summed E-state index contributed by atoms with van der Waals surface area (Å²) in [7, 11) is 0. The first-order valence-electron chi connectivity index (χ1n) is 15.1. The van der Waals surface area contributed by atoms with Gasteiger partial charge in [-0.25, -0.2) is 0 Å². The van der Waals surface area contributed by atoms with Gasteiger partial charge in [0.25, 0.3) is 5.91 Å². The third kappa shape index (κ3) is 3.94. The topological polar surface area (TPSA) is 59.0 Å². The second-order valence-corrected chi connectivity index (χ2v) is 13.6. The molecule has 5 atom stereocenters. The van der Waals surface area contributed by atoms with E-state index in [4.69, 9.17) is 9.47 Å². The predicted octanol–water partition coefficient (Wildman–Crippen LogP) is 6.93. The van der Waals surface area contributed by atoms with Crippen LogP contribution in [0.15, 0.2) is 36.4 Å². The first kappa shape index (κ1) is 26.7. The molecule has 0 aromatic heterocycles. The average molecular weight is 532 g/mol. The van der Waals surface area contributed by atoms with Gasteiger partial charge in [-0.2, -0.15) is 0 Å². The monoisotopic (exact) mass is 531 g/mol. The molecule has 6 rings (SSSR count). The number of aliphatic hydroxyl groups excluding tert-OH is 1. The van der Waals surface area contributed by atoms with Gasteiger partial charge in [0, 0.05) is 29.0 Å². The van der Waals surface area contributed by atoms with E-state index in [0.29, 0.717) is 19.1 Å². The lowest BCUT2D eigenvalue weighted by Crippen LogP contribution is -2.70. The van der Waals surface area contributed by atoms with Crippen LogP contribution in [0.2, 0.25) is 0 Å². The SMILES string of the molecule is CCCCN1Cc2c(cc(OCc3ccccc3)c3c2O[C@@]24CC[C@H](O)C(C)(C)[C@@H]2CC[C@H](C)[C@@]4(C)C3)C1=O.